The number of hydrogen-bond donors (Lipinski definition) is 2. The van der Waals surface area contributed by atoms with Gasteiger partial charge in [-0.1, -0.05) is 60.6 Å². The fourth-order valence-corrected chi connectivity index (χ4v) is 4.15. The van der Waals surface area contributed by atoms with Crippen LogP contribution in [0, 0.1) is 0 Å². The van der Waals surface area contributed by atoms with E-state index in [4.69, 9.17) is 39.8 Å². The summed E-state index contributed by atoms with van der Waals surface area (Å²) in [5, 5.41) is 7.55. The van der Waals surface area contributed by atoms with Crippen molar-refractivity contribution >= 4 is 69.2 Å². The van der Waals surface area contributed by atoms with Gasteiger partial charge >= 0.3 is 0 Å². The van der Waals surface area contributed by atoms with Crippen molar-refractivity contribution in [3.05, 3.63) is 75.4 Å². The number of unbranched alkanes of at least 4 members (excludes halogenated alkanes) is 2. The Morgan fingerprint density at radius 3 is 2.55 bits per heavy atom. The first-order chi connectivity index (χ1) is 16.0. The maximum Gasteiger partial charge on any atom is 0.256 e. The van der Waals surface area contributed by atoms with Crippen LogP contribution in [0.5, 0.6) is 0 Å². The molecule has 2 aromatic heterocycles. The Hall–Kier alpha value is -2.80. The summed E-state index contributed by atoms with van der Waals surface area (Å²) >= 11 is 18.7. The van der Waals surface area contributed by atoms with Gasteiger partial charge in [0.1, 0.15) is 5.82 Å². The zero-order valence-corrected chi connectivity index (χ0v) is 20.2. The van der Waals surface area contributed by atoms with Crippen LogP contribution in [0.2, 0.25) is 15.1 Å². The van der Waals surface area contributed by atoms with Crippen LogP contribution in [0.4, 0.5) is 17.5 Å². The van der Waals surface area contributed by atoms with E-state index in [2.05, 4.69) is 27.1 Å². The van der Waals surface area contributed by atoms with Gasteiger partial charge in [0.05, 0.1) is 26.8 Å². The number of halogens is 3. The Kier molecular flexibility index (Phi) is 7.38. The van der Waals surface area contributed by atoms with Crippen LogP contribution in [-0.4, -0.2) is 20.4 Å². The highest BCUT2D eigenvalue weighted by molar-refractivity contribution is 6.39. The van der Waals surface area contributed by atoms with Gasteiger partial charge in [0.15, 0.2) is 0 Å². The molecule has 0 atom stereocenters. The highest BCUT2D eigenvalue weighted by Crippen LogP contribution is 2.33. The maximum absolute atomic E-state index is 12.8. The smallest absolute Gasteiger partial charge is 0.256 e. The number of imidazole rings is 1. The summed E-state index contributed by atoms with van der Waals surface area (Å²) in [5.74, 6) is 0.703. The largest absolute Gasteiger partial charge is 0.323 e. The van der Waals surface area contributed by atoms with Crippen LogP contribution < -0.4 is 10.6 Å². The summed E-state index contributed by atoms with van der Waals surface area (Å²) in [5.41, 5.74) is 2.65. The second-order valence-electron chi connectivity index (χ2n) is 7.53. The van der Waals surface area contributed by atoms with E-state index in [1.807, 2.05) is 6.07 Å². The number of rotatable bonds is 8. The molecule has 1 amide bonds. The van der Waals surface area contributed by atoms with Crippen molar-refractivity contribution in [2.75, 3.05) is 10.6 Å². The van der Waals surface area contributed by atoms with E-state index in [-0.39, 0.29) is 5.91 Å². The molecule has 170 valence electrons. The van der Waals surface area contributed by atoms with E-state index in [1.54, 1.807) is 42.5 Å². The number of amides is 1. The highest BCUT2D eigenvalue weighted by atomic mass is 35.5. The van der Waals surface area contributed by atoms with Gasteiger partial charge in [-0.05, 0) is 48.9 Å². The van der Waals surface area contributed by atoms with Crippen LogP contribution >= 0.6 is 34.8 Å². The quantitative estimate of drug-likeness (QED) is 0.244. The summed E-state index contributed by atoms with van der Waals surface area (Å²) in [7, 11) is 0. The van der Waals surface area contributed by atoms with E-state index in [9.17, 15) is 4.79 Å². The molecule has 0 fully saturated rings. The maximum atomic E-state index is 12.8. The Labute approximate surface area is 206 Å². The van der Waals surface area contributed by atoms with Crippen LogP contribution in [0.3, 0.4) is 0 Å². The topological polar surface area (TPSA) is 71.8 Å². The zero-order valence-electron chi connectivity index (χ0n) is 17.9. The van der Waals surface area contributed by atoms with E-state index < -0.39 is 0 Å². The molecular formula is C24H22Cl3N5O. The molecular weight excluding hydrogens is 481 g/mol. The molecule has 0 aliphatic heterocycles. The lowest BCUT2D eigenvalue weighted by atomic mass is 10.2. The van der Waals surface area contributed by atoms with Crippen molar-refractivity contribution in [3.63, 3.8) is 0 Å². The van der Waals surface area contributed by atoms with Crippen molar-refractivity contribution in [1.29, 1.82) is 0 Å². The number of anilines is 3. The van der Waals surface area contributed by atoms with Gasteiger partial charge in [0.25, 0.3) is 5.91 Å². The summed E-state index contributed by atoms with van der Waals surface area (Å²) in [4.78, 5) is 21.6. The summed E-state index contributed by atoms with van der Waals surface area (Å²) in [6, 6.07) is 14.0. The van der Waals surface area contributed by atoms with Crippen LogP contribution in [-0.2, 0) is 6.54 Å². The first kappa shape index (κ1) is 23.4. The Morgan fingerprint density at radius 1 is 1.03 bits per heavy atom. The molecule has 0 spiro atoms. The predicted molar refractivity (Wildman–Crippen MR) is 136 cm³/mol. The molecule has 0 unspecified atom stereocenters. The number of carbonyl (C=O) groups is 1. The van der Waals surface area contributed by atoms with Crippen molar-refractivity contribution in [2.45, 2.75) is 32.7 Å². The molecule has 0 aliphatic rings. The van der Waals surface area contributed by atoms with Gasteiger partial charge in [0, 0.05) is 23.3 Å². The molecule has 0 radical (unpaired) electrons. The third-order valence-corrected chi connectivity index (χ3v) is 6.02. The SMILES string of the molecule is CCCCCn1c(Nc2c(Cl)cccc2Cl)nc2cc(C(=O)Nc3cc(Cl)ccn3)ccc21. The number of para-hydroxylation sites is 1. The lowest BCUT2D eigenvalue weighted by Gasteiger charge is -2.13. The molecule has 0 bridgehead atoms. The predicted octanol–water partition coefficient (Wildman–Crippen LogP) is 7.58. The number of hydrogen-bond acceptors (Lipinski definition) is 4. The minimum Gasteiger partial charge on any atom is -0.323 e. The first-order valence-corrected chi connectivity index (χ1v) is 11.7. The number of benzene rings is 2. The van der Waals surface area contributed by atoms with Crippen molar-refractivity contribution < 1.29 is 4.79 Å². The third kappa shape index (κ3) is 5.41. The Balaban J connectivity index is 1.68. The lowest BCUT2D eigenvalue weighted by Crippen LogP contribution is -2.12. The standard InChI is InChI=1S/C24H22Cl3N5O/c1-2-3-4-12-32-20-9-8-15(23(33)30-21-14-16(25)10-11-28-21)13-19(20)29-24(32)31-22-17(26)6-5-7-18(22)27/h5-11,13-14H,2-4,12H2,1H3,(H,29,31)(H,28,30,33). The summed E-state index contributed by atoms with van der Waals surface area (Å²) < 4.78 is 2.09. The monoisotopic (exact) mass is 501 g/mol. The van der Waals surface area contributed by atoms with Gasteiger partial charge in [-0.25, -0.2) is 9.97 Å². The molecule has 4 rings (SSSR count). The van der Waals surface area contributed by atoms with Crippen molar-refractivity contribution in [1.82, 2.24) is 14.5 Å². The molecule has 0 saturated carbocycles. The molecule has 0 saturated heterocycles. The third-order valence-electron chi connectivity index (χ3n) is 5.16. The summed E-state index contributed by atoms with van der Waals surface area (Å²) in [6.07, 6.45) is 4.74. The Bertz CT molecular complexity index is 1280. The molecule has 6 nitrogen and oxygen atoms in total. The van der Waals surface area contributed by atoms with Gasteiger partial charge < -0.3 is 15.2 Å². The van der Waals surface area contributed by atoms with E-state index in [0.717, 1.165) is 31.3 Å². The van der Waals surface area contributed by atoms with Crippen LogP contribution in [0.15, 0.2) is 54.7 Å². The van der Waals surface area contributed by atoms with Crippen LogP contribution in [0.1, 0.15) is 36.5 Å². The molecule has 2 N–H and O–H groups in total. The average molecular weight is 503 g/mol. The number of nitrogens with one attached hydrogen (secondary N) is 2. The number of pyridine rings is 1. The molecule has 4 aromatic rings. The van der Waals surface area contributed by atoms with Crippen molar-refractivity contribution in [2.24, 2.45) is 0 Å². The molecule has 2 heterocycles. The van der Waals surface area contributed by atoms with Crippen molar-refractivity contribution in [3.8, 4) is 0 Å². The normalized spacial score (nSPS) is 11.0. The minimum absolute atomic E-state index is 0.296. The van der Waals surface area contributed by atoms with E-state index in [1.165, 1.54) is 6.20 Å². The number of aryl methyl sites for hydroxylation is 1. The Morgan fingerprint density at radius 2 is 1.82 bits per heavy atom. The van der Waals surface area contributed by atoms with E-state index >= 15 is 0 Å². The van der Waals surface area contributed by atoms with Crippen LogP contribution in [0.25, 0.3) is 11.0 Å². The van der Waals surface area contributed by atoms with Gasteiger partial charge in [-0.15, -0.1) is 0 Å². The number of nitrogens with zero attached hydrogens (tertiary/aromatic N) is 3. The highest BCUT2D eigenvalue weighted by Gasteiger charge is 2.16. The fraction of sp³-hybridized carbons (Fsp3) is 0.208. The second kappa shape index (κ2) is 10.4. The number of fused-ring (bicyclic) bond motifs is 1. The van der Waals surface area contributed by atoms with Gasteiger partial charge in [-0.2, -0.15) is 0 Å². The minimum atomic E-state index is -0.296. The molecule has 9 heteroatoms. The summed E-state index contributed by atoms with van der Waals surface area (Å²) in [6.45, 7) is 2.93. The molecule has 33 heavy (non-hydrogen) atoms. The number of carbonyl (C=O) groups excluding carboxylic acids is 1. The number of aromatic nitrogens is 3. The molecule has 2 aromatic carbocycles. The zero-order chi connectivity index (χ0) is 23.4. The lowest BCUT2D eigenvalue weighted by molar-refractivity contribution is 0.102. The fourth-order valence-electron chi connectivity index (χ4n) is 3.50. The van der Waals surface area contributed by atoms with E-state index in [0.29, 0.717) is 43.6 Å². The first-order valence-electron chi connectivity index (χ1n) is 10.6. The van der Waals surface area contributed by atoms with Gasteiger partial charge in [-0.3, -0.25) is 4.79 Å². The average Bonchev–Trinajstić information content (AvgIpc) is 3.13. The second-order valence-corrected chi connectivity index (χ2v) is 8.78. The van der Waals surface area contributed by atoms with Gasteiger partial charge in [0.2, 0.25) is 5.95 Å². The molecule has 0 aliphatic carbocycles.